The number of anilines is 1. The molecule has 1 N–H and O–H groups in total. The van der Waals surface area contributed by atoms with E-state index in [0.29, 0.717) is 13.0 Å². The third-order valence-electron chi connectivity index (χ3n) is 4.65. The summed E-state index contributed by atoms with van der Waals surface area (Å²) in [5.41, 5.74) is 2.01. The predicted octanol–water partition coefficient (Wildman–Crippen LogP) is 2.04. The molecule has 2 heterocycles. The molecular weight excluding hydrogens is 292 g/mol. The van der Waals surface area contributed by atoms with Crippen molar-refractivity contribution < 1.29 is 14.3 Å². The highest BCUT2D eigenvalue weighted by atomic mass is 16.5. The van der Waals surface area contributed by atoms with Gasteiger partial charge in [-0.1, -0.05) is 18.2 Å². The number of aryl methyl sites for hydroxylation is 1. The first kappa shape index (κ1) is 16.0. The number of hydrogen-bond donors (Lipinski definition) is 1. The molecule has 23 heavy (non-hydrogen) atoms. The second kappa shape index (κ2) is 7.13. The first-order valence-electron chi connectivity index (χ1n) is 8.46. The minimum absolute atomic E-state index is 0.0229. The smallest absolute Gasteiger partial charge is 0.242 e. The summed E-state index contributed by atoms with van der Waals surface area (Å²) in [6, 6.07) is 7.36. The number of rotatable bonds is 4. The third kappa shape index (κ3) is 3.55. The molecule has 0 spiro atoms. The van der Waals surface area contributed by atoms with E-state index in [4.69, 9.17) is 4.74 Å². The molecule has 2 amide bonds. The van der Waals surface area contributed by atoms with E-state index < -0.39 is 6.04 Å². The highest BCUT2D eigenvalue weighted by Crippen LogP contribution is 2.28. The van der Waals surface area contributed by atoms with E-state index in [1.807, 2.05) is 24.3 Å². The molecule has 0 aliphatic carbocycles. The van der Waals surface area contributed by atoms with Gasteiger partial charge in [0.1, 0.15) is 6.04 Å². The molecule has 0 saturated carbocycles. The molecule has 0 bridgehead atoms. The Hall–Kier alpha value is -1.88. The maximum Gasteiger partial charge on any atom is 0.242 e. The van der Waals surface area contributed by atoms with E-state index in [9.17, 15) is 9.59 Å². The van der Waals surface area contributed by atoms with Crippen LogP contribution in [0, 0.1) is 0 Å². The van der Waals surface area contributed by atoms with Crippen LogP contribution in [-0.2, 0) is 20.7 Å². The Morgan fingerprint density at radius 1 is 1.35 bits per heavy atom. The Bertz CT molecular complexity index is 581. The molecule has 2 aliphatic rings. The van der Waals surface area contributed by atoms with Gasteiger partial charge >= 0.3 is 0 Å². The number of carbonyl (C=O) groups excluding carboxylic acids is 2. The molecule has 1 aromatic carbocycles. The fourth-order valence-electron chi connectivity index (χ4n) is 3.35. The number of nitrogens with one attached hydrogen (secondary N) is 1. The van der Waals surface area contributed by atoms with Crippen LogP contribution in [-0.4, -0.2) is 37.1 Å². The first-order chi connectivity index (χ1) is 11.2. The SMILES string of the molecule is C[C@H](C(=O)NC[C@H]1CCCO1)N1C(=O)CCCc2ccccc21. The molecule has 1 saturated heterocycles. The van der Waals surface area contributed by atoms with E-state index in [1.165, 1.54) is 0 Å². The van der Waals surface area contributed by atoms with Crippen LogP contribution >= 0.6 is 0 Å². The van der Waals surface area contributed by atoms with Gasteiger partial charge in [-0.15, -0.1) is 0 Å². The number of nitrogens with zero attached hydrogens (tertiary/aromatic N) is 1. The highest BCUT2D eigenvalue weighted by Gasteiger charge is 2.30. The fourth-order valence-corrected chi connectivity index (χ4v) is 3.35. The molecule has 3 rings (SSSR count). The van der Waals surface area contributed by atoms with E-state index in [-0.39, 0.29) is 17.9 Å². The minimum atomic E-state index is -0.511. The minimum Gasteiger partial charge on any atom is -0.376 e. The number of benzene rings is 1. The van der Waals surface area contributed by atoms with Gasteiger partial charge in [0, 0.05) is 25.3 Å². The van der Waals surface area contributed by atoms with Crippen molar-refractivity contribution in [1.82, 2.24) is 5.32 Å². The predicted molar refractivity (Wildman–Crippen MR) is 88.3 cm³/mol. The lowest BCUT2D eigenvalue weighted by molar-refractivity contribution is -0.126. The molecule has 0 aromatic heterocycles. The lowest BCUT2D eigenvalue weighted by atomic mass is 10.1. The number of ether oxygens (including phenoxy) is 1. The highest BCUT2D eigenvalue weighted by molar-refractivity contribution is 6.01. The van der Waals surface area contributed by atoms with Crippen molar-refractivity contribution in [2.75, 3.05) is 18.1 Å². The van der Waals surface area contributed by atoms with Gasteiger partial charge in [-0.3, -0.25) is 14.5 Å². The van der Waals surface area contributed by atoms with Crippen molar-refractivity contribution in [2.24, 2.45) is 0 Å². The van der Waals surface area contributed by atoms with Gasteiger partial charge in [0.2, 0.25) is 11.8 Å². The summed E-state index contributed by atoms with van der Waals surface area (Å²) < 4.78 is 5.53. The Morgan fingerprint density at radius 2 is 2.17 bits per heavy atom. The normalized spacial score (nSPS) is 22.4. The van der Waals surface area contributed by atoms with Crippen molar-refractivity contribution in [1.29, 1.82) is 0 Å². The summed E-state index contributed by atoms with van der Waals surface area (Å²) in [4.78, 5) is 26.7. The molecule has 1 aromatic rings. The lowest BCUT2D eigenvalue weighted by Gasteiger charge is -2.29. The van der Waals surface area contributed by atoms with E-state index in [0.717, 1.165) is 43.5 Å². The monoisotopic (exact) mass is 316 g/mol. The molecule has 0 radical (unpaired) electrons. The van der Waals surface area contributed by atoms with Crippen LogP contribution in [0.4, 0.5) is 5.69 Å². The Labute approximate surface area is 137 Å². The summed E-state index contributed by atoms with van der Waals surface area (Å²) in [5, 5.41) is 2.94. The van der Waals surface area contributed by atoms with Crippen LogP contribution < -0.4 is 10.2 Å². The van der Waals surface area contributed by atoms with E-state index >= 15 is 0 Å². The lowest BCUT2D eigenvalue weighted by Crippen LogP contribution is -2.49. The van der Waals surface area contributed by atoms with Gasteiger partial charge in [0.15, 0.2) is 0 Å². The molecule has 2 atom stereocenters. The van der Waals surface area contributed by atoms with Crippen LogP contribution in [0.1, 0.15) is 38.2 Å². The largest absolute Gasteiger partial charge is 0.376 e. The summed E-state index contributed by atoms with van der Waals surface area (Å²) in [6.45, 7) is 3.09. The summed E-state index contributed by atoms with van der Waals surface area (Å²) >= 11 is 0. The van der Waals surface area contributed by atoms with Gasteiger partial charge in [-0.25, -0.2) is 0 Å². The Morgan fingerprint density at radius 3 is 2.96 bits per heavy atom. The third-order valence-corrected chi connectivity index (χ3v) is 4.65. The average Bonchev–Trinajstić information content (AvgIpc) is 3.01. The van der Waals surface area contributed by atoms with Crippen LogP contribution in [0.25, 0.3) is 0 Å². The van der Waals surface area contributed by atoms with Crippen molar-refractivity contribution >= 4 is 17.5 Å². The standard InChI is InChI=1S/C18H24N2O3/c1-13(18(22)19-12-15-8-5-11-23-15)20-16-9-3-2-6-14(16)7-4-10-17(20)21/h2-3,6,9,13,15H,4-5,7-8,10-12H2,1H3,(H,19,22)/t13-,15-/m1/s1. The zero-order valence-corrected chi connectivity index (χ0v) is 13.6. The number of hydrogen-bond acceptors (Lipinski definition) is 3. The molecule has 5 heteroatoms. The molecule has 2 aliphatic heterocycles. The number of fused-ring (bicyclic) bond motifs is 1. The van der Waals surface area contributed by atoms with E-state index in [2.05, 4.69) is 5.32 Å². The summed E-state index contributed by atoms with van der Waals surface area (Å²) in [7, 11) is 0. The Balaban J connectivity index is 1.72. The number of carbonyl (C=O) groups is 2. The van der Waals surface area contributed by atoms with Crippen molar-refractivity contribution in [3.8, 4) is 0 Å². The zero-order valence-electron chi connectivity index (χ0n) is 13.6. The molecule has 124 valence electrons. The second-order valence-corrected chi connectivity index (χ2v) is 6.30. The summed E-state index contributed by atoms with van der Waals surface area (Å²) in [5.74, 6) is -0.0970. The van der Waals surface area contributed by atoms with Gasteiger partial charge in [0.05, 0.1) is 6.10 Å². The fraction of sp³-hybridized carbons (Fsp3) is 0.556. The van der Waals surface area contributed by atoms with Gasteiger partial charge < -0.3 is 10.1 Å². The van der Waals surface area contributed by atoms with Gasteiger partial charge in [0.25, 0.3) is 0 Å². The number of amides is 2. The maximum absolute atomic E-state index is 12.5. The van der Waals surface area contributed by atoms with E-state index in [1.54, 1.807) is 11.8 Å². The van der Waals surface area contributed by atoms with Crippen molar-refractivity contribution in [2.45, 2.75) is 51.2 Å². The van der Waals surface area contributed by atoms with Crippen LogP contribution in [0.15, 0.2) is 24.3 Å². The van der Waals surface area contributed by atoms with Crippen LogP contribution in [0.2, 0.25) is 0 Å². The van der Waals surface area contributed by atoms with Gasteiger partial charge in [-0.2, -0.15) is 0 Å². The molecule has 1 fully saturated rings. The molecule has 0 unspecified atom stereocenters. The zero-order chi connectivity index (χ0) is 16.2. The van der Waals surface area contributed by atoms with Gasteiger partial charge in [-0.05, 0) is 44.2 Å². The average molecular weight is 316 g/mol. The topological polar surface area (TPSA) is 58.6 Å². The van der Waals surface area contributed by atoms with Crippen molar-refractivity contribution in [3.05, 3.63) is 29.8 Å². The maximum atomic E-state index is 12.5. The van der Waals surface area contributed by atoms with Crippen LogP contribution in [0.3, 0.4) is 0 Å². The summed E-state index contributed by atoms with van der Waals surface area (Å²) in [6.07, 6.45) is 4.34. The molecule has 5 nitrogen and oxygen atoms in total. The first-order valence-corrected chi connectivity index (χ1v) is 8.46. The quantitative estimate of drug-likeness (QED) is 0.925. The second-order valence-electron chi connectivity index (χ2n) is 6.30. The molecular formula is C18H24N2O3. The van der Waals surface area contributed by atoms with Crippen molar-refractivity contribution in [3.63, 3.8) is 0 Å². The van der Waals surface area contributed by atoms with Crippen LogP contribution in [0.5, 0.6) is 0 Å². The number of para-hydroxylation sites is 1. The Kier molecular flexibility index (Phi) is 4.96.